The largest absolute Gasteiger partial charge is 0.462 e. The number of hydrogen-bond acceptors (Lipinski definition) is 4. The number of esters is 1. The average molecular weight is 283 g/mol. The Morgan fingerprint density at radius 2 is 1.76 bits per heavy atom. The molecule has 0 spiro atoms. The number of carbonyl (C=O) groups is 3. The van der Waals surface area contributed by atoms with Crippen molar-refractivity contribution in [2.24, 2.45) is 0 Å². The smallest absolute Gasteiger partial charge is 0.340 e. The van der Waals surface area contributed by atoms with Crippen LogP contribution in [0.2, 0.25) is 0 Å². The molecular formula is C16H13NO4. The van der Waals surface area contributed by atoms with Crippen LogP contribution in [0.1, 0.15) is 54.9 Å². The highest BCUT2D eigenvalue weighted by Crippen LogP contribution is 2.31. The normalized spacial score (nSPS) is 12.9. The van der Waals surface area contributed by atoms with Gasteiger partial charge in [0.15, 0.2) is 5.78 Å². The molecule has 1 heterocycles. The fraction of sp³-hybridized carbons (Fsp3) is 0.188. The predicted molar refractivity (Wildman–Crippen MR) is 74.8 cm³/mol. The molecule has 2 aromatic rings. The number of benzene rings is 1. The number of rotatable bonds is 2. The summed E-state index contributed by atoms with van der Waals surface area (Å²) in [6, 6.07) is 6.60. The van der Waals surface area contributed by atoms with Crippen LogP contribution in [-0.4, -0.2) is 29.1 Å². The van der Waals surface area contributed by atoms with Gasteiger partial charge in [0.25, 0.3) is 0 Å². The van der Waals surface area contributed by atoms with Gasteiger partial charge in [-0.25, -0.2) is 4.79 Å². The number of aromatic nitrogens is 1. The van der Waals surface area contributed by atoms with Crippen LogP contribution in [0.25, 0.3) is 0 Å². The molecule has 1 aliphatic carbocycles. The average Bonchev–Trinajstić information content (AvgIpc) is 2.83. The first-order valence-electron chi connectivity index (χ1n) is 6.64. The van der Waals surface area contributed by atoms with E-state index in [0.717, 1.165) is 0 Å². The maximum absolute atomic E-state index is 12.6. The number of aryl methyl sites for hydroxylation is 1. The topological polar surface area (TPSA) is 76.2 Å². The second-order valence-electron chi connectivity index (χ2n) is 4.80. The van der Waals surface area contributed by atoms with E-state index in [2.05, 4.69) is 4.98 Å². The molecule has 1 aromatic heterocycles. The third kappa shape index (κ3) is 1.81. The van der Waals surface area contributed by atoms with E-state index in [1.807, 2.05) is 0 Å². The Morgan fingerprint density at radius 3 is 2.38 bits per heavy atom. The molecule has 0 radical (unpaired) electrons. The third-order valence-corrected chi connectivity index (χ3v) is 3.54. The van der Waals surface area contributed by atoms with E-state index in [4.69, 9.17) is 4.74 Å². The van der Waals surface area contributed by atoms with E-state index in [0.29, 0.717) is 16.8 Å². The highest BCUT2D eigenvalue weighted by Gasteiger charge is 2.36. The number of aromatic amines is 1. The number of fused-ring (bicyclic) bond motifs is 2. The maximum atomic E-state index is 12.6. The predicted octanol–water partition coefficient (Wildman–Crippen LogP) is 2.28. The quantitative estimate of drug-likeness (QED) is 0.732. The first kappa shape index (κ1) is 13.3. The van der Waals surface area contributed by atoms with Gasteiger partial charge < -0.3 is 9.72 Å². The van der Waals surface area contributed by atoms with Gasteiger partial charge in [-0.1, -0.05) is 24.3 Å². The zero-order valence-corrected chi connectivity index (χ0v) is 11.6. The first-order chi connectivity index (χ1) is 10.1. The van der Waals surface area contributed by atoms with Gasteiger partial charge in [-0.3, -0.25) is 9.59 Å². The minimum absolute atomic E-state index is 0.120. The standard InChI is InChI=1S/C16H13NO4/c1-3-21-16(20)11-8(2)17-13-12(11)14(18)9-6-4-5-7-10(9)15(13)19/h4-7,17H,3H2,1-2H3. The molecule has 0 unspecified atom stereocenters. The Hall–Kier alpha value is -2.69. The first-order valence-corrected chi connectivity index (χ1v) is 6.64. The van der Waals surface area contributed by atoms with Gasteiger partial charge in [0.05, 0.1) is 23.4 Å². The lowest BCUT2D eigenvalue weighted by molar-refractivity contribution is 0.0523. The van der Waals surface area contributed by atoms with Crippen LogP contribution in [-0.2, 0) is 4.74 Å². The SMILES string of the molecule is CCOC(=O)c1c(C)[nH]c2c1C(=O)c1ccccc1C2=O. The zero-order valence-electron chi connectivity index (χ0n) is 11.6. The van der Waals surface area contributed by atoms with Crippen molar-refractivity contribution in [3.8, 4) is 0 Å². The van der Waals surface area contributed by atoms with Gasteiger partial charge in [0, 0.05) is 16.8 Å². The van der Waals surface area contributed by atoms with Gasteiger partial charge in [0.2, 0.25) is 5.78 Å². The van der Waals surface area contributed by atoms with Crippen molar-refractivity contribution in [2.75, 3.05) is 6.61 Å². The molecule has 5 heteroatoms. The second-order valence-corrected chi connectivity index (χ2v) is 4.80. The van der Waals surface area contributed by atoms with Gasteiger partial charge in [-0.2, -0.15) is 0 Å². The molecule has 1 aliphatic rings. The lowest BCUT2D eigenvalue weighted by atomic mass is 9.86. The van der Waals surface area contributed by atoms with Crippen molar-refractivity contribution < 1.29 is 19.1 Å². The van der Waals surface area contributed by atoms with Crippen LogP contribution in [0.5, 0.6) is 0 Å². The number of nitrogens with one attached hydrogen (secondary N) is 1. The molecule has 0 saturated heterocycles. The van der Waals surface area contributed by atoms with Crippen LogP contribution >= 0.6 is 0 Å². The fourth-order valence-corrected chi connectivity index (χ4v) is 2.63. The molecule has 1 N–H and O–H groups in total. The Balaban J connectivity index is 2.24. The molecule has 0 bridgehead atoms. The monoisotopic (exact) mass is 283 g/mol. The van der Waals surface area contributed by atoms with Crippen LogP contribution in [0.4, 0.5) is 0 Å². The molecule has 0 fully saturated rings. The molecule has 106 valence electrons. The summed E-state index contributed by atoms with van der Waals surface area (Å²) >= 11 is 0. The van der Waals surface area contributed by atoms with E-state index >= 15 is 0 Å². The maximum Gasteiger partial charge on any atom is 0.340 e. The molecule has 0 atom stereocenters. The second kappa shape index (κ2) is 4.70. The third-order valence-electron chi connectivity index (χ3n) is 3.54. The van der Waals surface area contributed by atoms with E-state index in [9.17, 15) is 14.4 Å². The molecule has 1 aromatic carbocycles. The molecular weight excluding hydrogens is 270 g/mol. The number of H-pyrrole nitrogens is 1. The molecule has 0 aliphatic heterocycles. The van der Waals surface area contributed by atoms with Crippen LogP contribution in [0.15, 0.2) is 24.3 Å². The minimum atomic E-state index is -0.590. The molecule has 3 rings (SSSR count). The van der Waals surface area contributed by atoms with Crippen molar-refractivity contribution in [3.05, 3.63) is 57.9 Å². The summed E-state index contributed by atoms with van der Waals surface area (Å²) in [5.74, 6) is -1.19. The summed E-state index contributed by atoms with van der Waals surface area (Å²) < 4.78 is 4.98. The Labute approximate surface area is 120 Å². The van der Waals surface area contributed by atoms with Gasteiger partial charge in [-0.05, 0) is 13.8 Å². The fourth-order valence-electron chi connectivity index (χ4n) is 2.63. The molecule has 0 saturated carbocycles. The summed E-state index contributed by atoms with van der Waals surface area (Å²) in [7, 11) is 0. The number of ketones is 2. The van der Waals surface area contributed by atoms with Crippen molar-refractivity contribution in [1.82, 2.24) is 4.98 Å². The van der Waals surface area contributed by atoms with Gasteiger partial charge in [0.1, 0.15) is 0 Å². The minimum Gasteiger partial charge on any atom is -0.462 e. The van der Waals surface area contributed by atoms with E-state index in [1.54, 1.807) is 38.1 Å². The van der Waals surface area contributed by atoms with Crippen molar-refractivity contribution >= 4 is 17.5 Å². The number of hydrogen-bond donors (Lipinski definition) is 1. The Kier molecular flexibility index (Phi) is 2.97. The number of carbonyl (C=O) groups excluding carboxylic acids is 3. The van der Waals surface area contributed by atoms with E-state index in [1.165, 1.54) is 0 Å². The van der Waals surface area contributed by atoms with E-state index < -0.39 is 5.97 Å². The summed E-state index contributed by atoms with van der Waals surface area (Å²) in [5.41, 5.74) is 1.58. The molecule has 5 nitrogen and oxygen atoms in total. The molecule has 0 amide bonds. The highest BCUT2D eigenvalue weighted by molar-refractivity contribution is 6.30. The van der Waals surface area contributed by atoms with Gasteiger partial charge in [-0.15, -0.1) is 0 Å². The summed E-state index contributed by atoms with van der Waals surface area (Å²) in [4.78, 5) is 40.0. The highest BCUT2D eigenvalue weighted by atomic mass is 16.5. The summed E-state index contributed by atoms with van der Waals surface area (Å²) in [6.07, 6.45) is 0. The molecule has 21 heavy (non-hydrogen) atoms. The Morgan fingerprint density at radius 1 is 1.14 bits per heavy atom. The van der Waals surface area contributed by atoms with Crippen LogP contribution < -0.4 is 0 Å². The van der Waals surface area contributed by atoms with E-state index in [-0.39, 0.29) is 35.0 Å². The Bertz CT molecular complexity index is 786. The van der Waals surface area contributed by atoms with Crippen molar-refractivity contribution in [2.45, 2.75) is 13.8 Å². The van der Waals surface area contributed by atoms with Crippen molar-refractivity contribution in [3.63, 3.8) is 0 Å². The summed E-state index contributed by atoms with van der Waals surface area (Å²) in [5, 5.41) is 0. The van der Waals surface area contributed by atoms with Crippen LogP contribution in [0.3, 0.4) is 0 Å². The van der Waals surface area contributed by atoms with Crippen molar-refractivity contribution in [1.29, 1.82) is 0 Å². The summed E-state index contributed by atoms with van der Waals surface area (Å²) in [6.45, 7) is 3.54. The van der Waals surface area contributed by atoms with Crippen LogP contribution in [0, 0.1) is 6.92 Å². The zero-order chi connectivity index (χ0) is 15.1. The van der Waals surface area contributed by atoms with Gasteiger partial charge >= 0.3 is 5.97 Å². The lowest BCUT2D eigenvalue weighted by Crippen LogP contribution is -2.22. The number of ether oxygens (including phenoxy) is 1. The lowest BCUT2D eigenvalue weighted by Gasteiger charge is -2.14.